The van der Waals surface area contributed by atoms with E-state index in [9.17, 15) is 8.42 Å². The highest BCUT2D eigenvalue weighted by molar-refractivity contribution is 7.89. The van der Waals surface area contributed by atoms with Crippen molar-refractivity contribution in [2.45, 2.75) is 19.9 Å². The molecule has 1 N–H and O–H groups in total. The first-order chi connectivity index (χ1) is 9.49. The molecule has 1 unspecified atom stereocenters. The molecule has 0 saturated carbocycles. The molecule has 20 heavy (non-hydrogen) atoms. The zero-order valence-corrected chi connectivity index (χ0v) is 12.8. The lowest BCUT2D eigenvalue weighted by atomic mass is 10.2. The molecule has 1 saturated heterocycles. The Bertz CT molecular complexity index is 528. The number of aryl methyl sites for hydroxylation is 1. The van der Waals surface area contributed by atoms with Crippen LogP contribution in [-0.4, -0.2) is 50.8 Å². The maximum absolute atomic E-state index is 12.3. The molecule has 1 heterocycles. The quantitative estimate of drug-likeness (QED) is 0.881. The molecule has 1 fully saturated rings. The maximum Gasteiger partial charge on any atom is 0.217 e. The Labute approximate surface area is 121 Å². The fourth-order valence-corrected chi connectivity index (χ4v) is 3.77. The molecule has 2 rings (SSSR count). The smallest absolute Gasteiger partial charge is 0.217 e. The molecule has 1 atom stereocenters. The summed E-state index contributed by atoms with van der Waals surface area (Å²) >= 11 is 0. The second-order valence-corrected chi connectivity index (χ2v) is 7.18. The number of rotatable bonds is 5. The predicted octanol–water partition coefficient (Wildman–Crippen LogP) is 0.997. The summed E-state index contributed by atoms with van der Waals surface area (Å²) in [5.41, 5.74) is 1.15. The van der Waals surface area contributed by atoms with Crippen molar-refractivity contribution in [3.63, 3.8) is 0 Å². The van der Waals surface area contributed by atoms with Crippen molar-refractivity contribution in [3.05, 3.63) is 29.8 Å². The van der Waals surface area contributed by atoms with Crippen molar-refractivity contribution in [2.75, 3.05) is 32.0 Å². The fraction of sp³-hybridized carbons (Fsp3) is 0.571. The van der Waals surface area contributed by atoms with Crippen LogP contribution in [0.5, 0.6) is 5.75 Å². The average Bonchev–Trinajstić information content (AvgIpc) is 2.41. The van der Waals surface area contributed by atoms with Crippen LogP contribution >= 0.6 is 0 Å². The highest BCUT2D eigenvalue weighted by atomic mass is 32.2. The van der Waals surface area contributed by atoms with Crippen molar-refractivity contribution >= 4 is 10.0 Å². The van der Waals surface area contributed by atoms with Crippen LogP contribution in [0.2, 0.25) is 0 Å². The number of benzene rings is 1. The van der Waals surface area contributed by atoms with E-state index in [0.717, 1.165) is 5.56 Å². The van der Waals surface area contributed by atoms with E-state index in [-0.39, 0.29) is 18.4 Å². The van der Waals surface area contributed by atoms with E-state index in [2.05, 4.69) is 5.32 Å². The first-order valence-corrected chi connectivity index (χ1v) is 8.50. The molecule has 5 nitrogen and oxygen atoms in total. The summed E-state index contributed by atoms with van der Waals surface area (Å²) in [5, 5.41) is 3.19. The zero-order chi connectivity index (χ0) is 14.6. The highest BCUT2D eigenvalue weighted by Gasteiger charge is 2.29. The molecular weight excluding hydrogens is 276 g/mol. The van der Waals surface area contributed by atoms with Gasteiger partial charge in [0.15, 0.2) is 0 Å². The van der Waals surface area contributed by atoms with Gasteiger partial charge < -0.3 is 10.1 Å². The van der Waals surface area contributed by atoms with Gasteiger partial charge in [-0.3, -0.25) is 0 Å². The van der Waals surface area contributed by atoms with Crippen molar-refractivity contribution in [1.82, 2.24) is 9.62 Å². The van der Waals surface area contributed by atoms with Gasteiger partial charge in [0.2, 0.25) is 10.0 Å². The Morgan fingerprint density at radius 2 is 2.05 bits per heavy atom. The standard InChI is InChI=1S/C14H22N2O3S/c1-12-3-5-14(6-4-12)19-9-10-20(17,18)16-8-7-15-11-13(16)2/h3-6,13,15H,7-11H2,1-2H3. The molecule has 0 aliphatic carbocycles. The number of hydrogen-bond acceptors (Lipinski definition) is 4. The third-order valence-corrected chi connectivity index (χ3v) is 5.37. The minimum Gasteiger partial charge on any atom is -0.492 e. The van der Waals surface area contributed by atoms with Crippen LogP contribution in [0.15, 0.2) is 24.3 Å². The Hall–Kier alpha value is -1.11. The number of ether oxygens (including phenoxy) is 1. The van der Waals surface area contributed by atoms with Crippen LogP contribution in [0, 0.1) is 6.92 Å². The Morgan fingerprint density at radius 3 is 2.70 bits per heavy atom. The lowest BCUT2D eigenvalue weighted by Crippen LogP contribution is -2.53. The SMILES string of the molecule is Cc1ccc(OCCS(=O)(=O)N2CCNCC2C)cc1. The van der Waals surface area contributed by atoms with E-state index in [1.165, 1.54) is 0 Å². The van der Waals surface area contributed by atoms with Gasteiger partial charge in [0.05, 0.1) is 5.75 Å². The largest absolute Gasteiger partial charge is 0.492 e. The number of nitrogens with one attached hydrogen (secondary N) is 1. The number of hydrogen-bond donors (Lipinski definition) is 1. The third kappa shape index (κ3) is 3.94. The molecule has 112 valence electrons. The topological polar surface area (TPSA) is 58.6 Å². The van der Waals surface area contributed by atoms with Gasteiger partial charge in [-0.2, -0.15) is 4.31 Å². The first-order valence-electron chi connectivity index (χ1n) is 6.89. The summed E-state index contributed by atoms with van der Waals surface area (Å²) in [4.78, 5) is 0. The van der Waals surface area contributed by atoms with E-state index in [1.807, 2.05) is 38.1 Å². The van der Waals surface area contributed by atoms with Gasteiger partial charge >= 0.3 is 0 Å². The van der Waals surface area contributed by atoms with E-state index in [0.29, 0.717) is 25.4 Å². The van der Waals surface area contributed by atoms with E-state index >= 15 is 0 Å². The van der Waals surface area contributed by atoms with Crippen LogP contribution in [0.3, 0.4) is 0 Å². The molecule has 1 aliphatic heterocycles. The lowest BCUT2D eigenvalue weighted by molar-refractivity contribution is 0.278. The molecule has 0 radical (unpaired) electrons. The van der Waals surface area contributed by atoms with Gasteiger partial charge in [-0.05, 0) is 26.0 Å². The summed E-state index contributed by atoms with van der Waals surface area (Å²) in [6.07, 6.45) is 0. The lowest BCUT2D eigenvalue weighted by Gasteiger charge is -2.32. The van der Waals surface area contributed by atoms with Gasteiger partial charge in [0.1, 0.15) is 12.4 Å². The van der Waals surface area contributed by atoms with Crippen LogP contribution in [0.4, 0.5) is 0 Å². The summed E-state index contributed by atoms with van der Waals surface area (Å²) in [5.74, 6) is 0.727. The van der Waals surface area contributed by atoms with Crippen molar-refractivity contribution in [3.8, 4) is 5.75 Å². The highest BCUT2D eigenvalue weighted by Crippen LogP contribution is 2.13. The molecule has 6 heteroatoms. The Balaban J connectivity index is 1.87. The molecule has 0 amide bonds. The Morgan fingerprint density at radius 1 is 1.35 bits per heavy atom. The molecule has 1 aliphatic rings. The number of piperazine rings is 1. The summed E-state index contributed by atoms with van der Waals surface area (Å²) < 4.78 is 31.6. The zero-order valence-electron chi connectivity index (χ0n) is 12.0. The second kappa shape index (κ2) is 6.56. The van der Waals surface area contributed by atoms with E-state index in [1.54, 1.807) is 4.31 Å². The third-order valence-electron chi connectivity index (χ3n) is 3.43. The molecule has 0 bridgehead atoms. The van der Waals surface area contributed by atoms with Gasteiger partial charge in [-0.25, -0.2) is 8.42 Å². The predicted molar refractivity (Wildman–Crippen MR) is 79.5 cm³/mol. The van der Waals surface area contributed by atoms with Gasteiger partial charge in [-0.1, -0.05) is 17.7 Å². The molecular formula is C14H22N2O3S. The van der Waals surface area contributed by atoms with E-state index in [4.69, 9.17) is 4.74 Å². The summed E-state index contributed by atoms with van der Waals surface area (Å²) in [6.45, 7) is 6.06. The van der Waals surface area contributed by atoms with Crippen LogP contribution in [0.25, 0.3) is 0 Å². The monoisotopic (exact) mass is 298 g/mol. The van der Waals surface area contributed by atoms with Gasteiger partial charge in [0.25, 0.3) is 0 Å². The number of sulfonamides is 1. The minimum atomic E-state index is -3.24. The van der Waals surface area contributed by atoms with Crippen LogP contribution in [0.1, 0.15) is 12.5 Å². The van der Waals surface area contributed by atoms with Crippen LogP contribution < -0.4 is 10.1 Å². The van der Waals surface area contributed by atoms with Crippen molar-refractivity contribution < 1.29 is 13.2 Å². The minimum absolute atomic E-state index is 0.00752. The molecule has 0 spiro atoms. The van der Waals surface area contributed by atoms with Gasteiger partial charge in [0, 0.05) is 25.7 Å². The Kier molecular flexibility index (Phi) is 5.01. The summed E-state index contributed by atoms with van der Waals surface area (Å²) in [7, 11) is -3.24. The number of nitrogens with zero attached hydrogens (tertiary/aromatic N) is 1. The first kappa shape index (κ1) is 15.3. The molecule has 1 aromatic carbocycles. The molecule has 0 aromatic heterocycles. The maximum atomic E-state index is 12.3. The van der Waals surface area contributed by atoms with Gasteiger partial charge in [-0.15, -0.1) is 0 Å². The van der Waals surface area contributed by atoms with Crippen LogP contribution in [-0.2, 0) is 10.0 Å². The summed E-state index contributed by atoms with van der Waals surface area (Å²) in [6, 6.07) is 7.61. The van der Waals surface area contributed by atoms with E-state index < -0.39 is 10.0 Å². The van der Waals surface area contributed by atoms with Crippen molar-refractivity contribution in [1.29, 1.82) is 0 Å². The second-order valence-electron chi connectivity index (χ2n) is 5.14. The molecule has 1 aromatic rings. The average molecular weight is 298 g/mol. The normalized spacial score (nSPS) is 20.8. The fourth-order valence-electron chi connectivity index (χ4n) is 2.25. The van der Waals surface area contributed by atoms with Crippen molar-refractivity contribution in [2.24, 2.45) is 0 Å².